The topological polar surface area (TPSA) is 33.1 Å². The van der Waals surface area contributed by atoms with Crippen molar-refractivity contribution in [2.75, 3.05) is 0 Å². The lowest BCUT2D eigenvalue weighted by atomic mass is 9.84. The third kappa shape index (κ3) is 2.82. The number of pyridine rings is 1. The number of aliphatic hydroxyl groups excluding tert-OH is 1. The van der Waals surface area contributed by atoms with E-state index in [4.69, 9.17) is 11.6 Å². The van der Waals surface area contributed by atoms with Crippen LogP contribution in [0.1, 0.15) is 50.2 Å². The molecule has 2 nitrogen and oxygen atoms in total. The normalized spacial score (nSPS) is 18.3. The maximum absolute atomic E-state index is 10.6. The number of halogens is 1. The third-order valence-electron chi connectivity index (χ3n) is 4.39. The minimum absolute atomic E-state index is 0.437. The van der Waals surface area contributed by atoms with E-state index < -0.39 is 6.10 Å². The van der Waals surface area contributed by atoms with Crippen LogP contribution >= 0.6 is 11.6 Å². The molecule has 1 atom stereocenters. The minimum atomic E-state index is -0.437. The highest BCUT2D eigenvalue weighted by atomic mass is 35.5. The van der Waals surface area contributed by atoms with Crippen molar-refractivity contribution in [1.82, 2.24) is 4.98 Å². The van der Waals surface area contributed by atoms with Crippen LogP contribution in [-0.4, -0.2) is 10.1 Å². The monoisotopic (exact) mass is 289 g/mol. The summed E-state index contributed by atoms with van der Waals surface area (Å²) in [7, 11) is 0. The van der Waals surface area contributed by atoms with Crippen LogP contribution in [0.5, 0.6) is 0 Å². The van der Waals surface area contributed by atoms with Gasteiger partial charge in [0.15, 0.2) is 0 Å². The summed E-state index contributed by atoms with van der Waals surface area (Å²) >= 11 is 6.20. The first kappa shape index (κ1) is 13.8. The lowest BCUT2D eigenvalue weighted by molar-refractivity contribution is 0.132. The zero-order chi connectivity index (χ0) is 13.9. The van der Waals surface area contributed by atoms with Gasteiger partial charge in [0.2, 0.25) is 0 Å². The Bertz CT molecular complexity index is 593. The Kier molecular flexibility index (Phi) is 4.23. The molecule has 0 radical (unpaired) electrons. The molecule has 20 heavy (non-hydrogen) atoms. The van der Waals surface area contributed by atoms with Gasteiger partial charge < -0.3 is 5.11 Å². The SMILES string of the molecule is OC(CC1CCCCC1)c1ccc(Cl)c2cccnc12. The number of aliphatic hydroxyl groups is 1. The lowest BCUT2D eigenvalue weighted by Gasteiger charge is -2.24. The summed E-state index contributed by atoms with van der Waals surface area (Å²) < 4.78 is 0. The molecule has 0 spiro atoms. The predicted molar refractivity (Wildman–Crippen MR) is 82.9 cm³/mol. The summed E-state index contributed by atoms with van der Waals surface area (Å²) in [6.45, 7) is 0. The van der Waals surface area contributed by atoms with Crippen LogP contribution < -0.4 is 0 Å². The molecule has 3 heteroatoms. The van der Waals surface area contributed by atoms with Crippen LogP contribution in [-0.2, 0) is 0 Å². The van der Waals surface area contributed by atoms with E-state index in [1.807, 2.05) is 24.3 Å². The minimum Gasteiger partial charge on any atom is -0.388 e. The zero-order valence-electron chi connectivity index (χ0n) is 11.6. The number of fused-ring (bicyclic) bond motifs is 1. The van der Waals surface area contributed by atoms with E-state index in [9.17, 15) is 5.11 Å². The van der Waals surface area contributed by atoms with Gasteiger partial charge in [0.1, 0.15) is 0 Å². The van der Waals surface area contributed by atoms with Gasteiger partial charge in [0, 0.05) is 22.2 Å². The fourth-order valence-corrected chi connectivity index (χ4v) is 3.51. The molecule has 0 saturated heterocycles. The van der Waals surface area contributed by atoms with E-state index >= 15 is 0 Å². The van der Waals surface area contributed by atoms with Gasteiger partial charge >= 0.3 is 0 Å². The second-order valence-electron chi connectivity index (χ2n) is 5.79. The van der Waals surface area contributed by atoms with E-state index in [-0.39, 0.29) is 0 Å². The first-order valence-electron chi connectivity index (χ1n) is 7.47. The standard InChI is InChI=1S/C17H20ClNO/c18-15-9-8-14(17-13(15)7-4-10-19-17)16(20)11-12-5-2-1-3-6-12/h4,7-10,12,16,20H,1-3,5-6,11H2. The average molecular weight is 290 g/mol. The Hall–Kier alpha value is -1.12. The summed E-state index contributed by atoms with van der Waals surface area (Å²) in [5.41, 5.74) is 1.75. The number of benzene rings is 1. The molecule has 2 aromatic rings. The van der Waals surface area contributed by atoms with Crippen molar-refractivity contribution in [2.45, 2.75) is 44.6 Å². The molecule has 1 saturated carbocycles. The quantitative estimate of drug-likeness (QED) is 0.872. The molecule has 0 aliphatic heterocycles. The highest BCUT2D eigenvalue weighted by Crippen LogP contribution is 2.35. The molecule has 1 aromatic carbocycles. The number of hydrogen-bond acceptors (Lipinski definition) is 2. The summed E-state index contributed by atoms with van der Waals surface area (Å²) in [6, 6.07) is 7.63. The zero-order valence-corrected chi connectivity index (χ0v) is 12.3. The van der Waals surface area contributed by atoms with Gasteiger partial charge in [-0.3, -0.25) is 4.98 Å². The number of aromatic nitrogens is 1. The van der Waals surface area contributed by atoms with Gasteiger partial charge in [0.05, 0.1) is 11.6 Å². The average Bonchev–Trinajstić information content (AvgIpc) is 2.49. The van der Waals surface area contributed by atoms with E-state index in [0.29, 0.717) is 10.9 Å². The van der Waals surface area contributed by atoms with Crippen molar-refractivity contribution in [3.63, 3.8) is 0 Å². The first-order valence-corrected chi connectivity index (χ1v) is 7.84. The van der Waals surface area contributed by atoms with Crippen LogP contribution in [0, 0.1) is 5.92 Å². The summed E-state index contributed by atoms with van der Waals surface area (Å²) in [4.78, 5) is 4.41. The molecule has 106 valence electrons. The maximum atomic E-state index is 10.6. The van der Waals surface area contributed by atoms with Gasteiger partial charge in [-0.25, -0.2) is 0 Å². The van der Waals surface area contributed by atoms with Gasteiger partial charge in [-0.2, -0.15) is 0 Å². The van der Waals surface area contributed by atoms with E-state index in [2.05, 4.69) is 4.98 Å². The molecule has 1 heterocycles. The Morgan fingerprint density at radius 1 is 1.20 bits per heavy atom. The lowest BCUT2D eigenvalue weighted by Crippen LogP contribution is -2.11. The molecule has 1 fully saturated rings. The van der Waals surface area contributed by atoms with E-state index in [1.54, 1.807) is 6.20 Å². The van der Waals surface area contributed by atoms with Gasteiger partial charge in [-0.05, 0) is 30.5 Å². The second kappa shape index (κ2) is 6.11. The van der Waals surface area contributed by atoms with Crippen LogP contribution in [0.25, 0.3) is 10.9 Å². The van der Waals surface area contributed by atoms with Gasteiger partial charge in [-0.1, -0.05) is 49.8 Å². The van der Waals surface area contributed by atoms with Crippen molar-refractivity contribution in [1.29, 1.82) is 0 Å². The van der Waals surface area contributed by atoms with Crippen molar-refractivity contribution >= 4 is 22.5 Å². The Morgan fingerprint density at radius 2 is 2.00 bits per heavy atom. The Balaban J connectivity index is 1.87. The maximum Gasteiger partial charge on any atom is 0.0813 e. The van der Waals surface area contributed by atoms with Crippen LogP contribution in [0.15, 0.2) is 30.5 Å². The molecule has 1 aliphatic carbocycles. The molecule has 1 aromatic heterocycles. The van der Waals surface area contributed by atoms with Crippen LogP contribution in [0.4, 0.5) is 0 Å². The van der Waals surface area contributed by atoms with Gasteiger partial charge in [0.25, 0.3) is 0 Å². The number of nitrogens with zero attached hydrogens (tertiary/aromatic N) is 1. The fraction of sp³-hybridized carbons (Fsp3) is 0.471. The second-order valence-corrected chi connectivity index (χ2v) is 6.20. The summed E-state index contributed by atoms with van der Waals surface area (Å²) in [6.07, 6.45) is 8.61. The van der Waals surface area contributed by atoms with E-state index in [1.165, 1.54) is 32.1 Å². The largest absolute Gasteiger partial charge is 0.388 e. The highest BCUT2D eigenvalue weighted by Gasteiger charge is 2.20. The number of hydrogen-bond donors (Lipinski definition) is 1. The molecular formula is C17H20ClNO. The Morgan fingerprint density at radius 3 is 2.80 bits per heavy atom. The molecule has 1 N–H and O–H groups in total. The van der Waals surface area contributed by atoms with Crippen molar-refractivity contribution in [3.05, 3.63) is 41.0 Å². The predicted octanol–water partition coefficient (Wildman–Crippen LogP) is 4.89. The van der Waals surface area contributed by atoms with Crippen molar-refractivity contribution in [2.24, 2.45) is 5.92 Å². The molecule has 1 unspecified atom stereocenters. The number of rotatable bonds is 3. The smallest absolute Gasteiger partial charge is 0.0813 e. The van der Waals surface area contributed by atoms with Crippen molar-refractivity contribution in [3.8, 4) is 0 Å². The van der Waals surface area contributed by atoms with Gasteiger partial charge in [-0.15, -0.1) is 0 Å². The molecule has 0 amide bonds. The summed E-state index contributed by atoms with van der Waals surface area (Å²) in [5, 5.41) is 12.2. The van der Waals surface area contributed by atoms with Crippen LogP contribution in [0.2, 0.25) is 5.02 Å². The highest BCUT2D eigenvalue weighted by molar-refractivity contribution is 6.35. The molecule has 0 bridgehead atoms. The fourth-order valence-electron chi connectivity index (χ4n) is 3.29. The molecular weight excluding hydrogens is 270 g/mol. The molecule has 3 rings (SSSR count). The Labute approximate surface area is 124 Å². The third-order valence-corrected chi connectivity index (χ3v) is 4.72. The summed E-state index contributed by atoms with van der Waals surface area (Å²) in [5.74, 6) is 0.646. The van der Waals surface area contributed by atoms with Crippen LogP contribution in [0.3, 0.4) is 0 Å². The first-order chi connectivity index (χ1) is 9.75. The van der Waals surface area contributed by atoms with Crippen molar-refractivity contribution < 1.29 is 5.11 Å². The van der Waals surface area contributed by atoms with E-state index in [0.717, 1.165) is 22.9 Å². The molecule has 1 aliphatic rings.